The second-order valence-corrected chi connectivity index (χ2v) is 7.51. The predicted octanol–water partition coefficient (Wildman–Crippen LogP) is 3.83. The van der Waals surface area contributed by atoms with Gasteiger partial charge in [0, 0.05) is 38.0 Å². The molecule has 1 amide bonds. The fourth-order valence-corrected chi connectivity index (χ4v) is 3.98. The van der Waals surface area contributed by atoms with Gasteiger partial charge in [-0.15, -0.1) is 0 Å². The molecule has 0 radical (unpaired) electrons. The largest absolute Gasteiger partial charge is 0.491 e. The number of methoxy groups -OCH3 is 1. The number of hydrogen-bond acceptors (Lipinski definition) is 5. The highest BCUT2D eigenvalue weighted by atomic mass is 16.5. The molecule has 0 saturated carbocycles. The molecule has 1 unspecified atom stereocenters. The minimum atomic E-state index is -0.0290. The van der Waals surface area contributed by atoms with Gasteiger partial charge in [0.05, 0.1) is 18.3 Å². The van der Waals surface area contributed by atoms with Crippen molar-refractivity contribution in [3.8, 4) is 11.6 Å². The van der Waals surface area contributed by atoms with Crippen molar-refractivity contribution >= 4 is 5.91 Å². The first-order valence-corrected chi connectivity index (χ1v) is 10.7. The summed E-state index contributed by atoms with van der Waals surface area (Å²) in [6, 6.07) is 13.3. The lowest BCUT2D eigenvalue weighted by Gasteiger charge is -2.25. The number of aryl methyl sites for hydroxylation is 1. The number of rotatable bonds is 8. The predicted molar refractivity (Wildman–Crippen MR) is 118 cm³/mol. The van der Waals surface area contributed by atoms with Gasteiger partial charge in [-0.05, 0) is 49.2 Å². The Morgan fingerprint density at radius 2 is 2.00 bits per heavy atom. The smallest absolute Gasteiger partial charge is 0.254 e. The number of aromatic nitrogens is 3. The Balaban J connectivity index is 1.51. The van der Waals surface area contributed by atoms with Gasteiger partial charge in [0.25, 0.3) is 5.91 Å². The topological polar surface area (TPSA) is 69.5 Å². The van der Waals surface area contributed by atoms with Gasteiger partial charge in [-0.2, -0.15) is 0 Å². The summed E-state index contributed by atoms with van der Waals surface area (Å²) in [5.74, 6) is 2.56. The zero-order chi connectivity index (χ0) is 21.6. The normalized spacial score (nSPS) is 15.9. The van der Waals surface area contributed by atoms with Crippen molar-refractivity contribution in [1.82, 2.24) is 19.4 Å². The molecule has 1 aliphatic rings. The van der Waals surface area contributed by atoms with Gasteiger partial charge in [0.1, 0.15) is 24.0 Å². The van der Waals surface area contributed by atoms with Gasteiger partial charge < -0.3 is 14.4 Å². The van der Waals surface area contributed by atoms with E-state index in [1.807, 2.05) is 58.1 Å². The van der Waals surface area contributed by atoms with E-state index in [4.69, 9.17) is 14.5 Å². The van der Waals surface area contributed by atoms with Crippen LogP contribution in [0.3, 0.4) is 0 Å². The number of likely N-dealkylation sites (tertiary alicyclic amines) is 1. The molecule has 3 heterocycles. The van der Waals surface area contributed by atoms with E-state index in [2.05, 4.69) is 11.9 Å². The van der Waals surface area contributed by atoms with Gasteiger partial charge in [0.2, 0.25) is 0 Å². The van der Waals surface area contributed by atoms with Crippen LogP contribution in [-0.2, 0) is 11.2 Å². The lowest BCUT2D eigenvalue weighted by Crippen LogP contribution is -2.31. The van der Waals surface area contributed by atoms with E-state index >= 15 is 0 Å². The SMILES string of the molecule is CCc1nccn1-c1cccc(C2CCCN2C(=O)c2ccc(OCCOC)cc2)n1. The van der Waals surface area contributed by atoms with Crippen LogP contribution < -0.4 is 4.74 Å². The Morgan fingerprint density at radius 1 is 1.16 bits per heavy atom. The molecular weight excluding hydrogens is 392 g/mol. The van der Waals surface area contributed by atoms with Gasteiger partial charge in [-0.3, -0.25) is 9.36 Å². The third-order valence-electron chi connectivity index (χ3n) is 5.55. The molecule has 2 aromatic heterocycles. The van der Waals surface area contributed by atoms with E-state index in [0.29, 0.717) is 18.8 Å². The quantitative estimate of drug-likeness (QED) is 0.518. The zero-order valence-electron chi connectivity index (χ0n) is 18.0. The summed E-state index contributed by atoms with van der Waals surface area (Å²) < 4.78 is 12.6. The molecule has 3 aromatic rings. The summed E-state index contributed by atoms with van der Waals surface area (Å²) in [6.07, 6.45) is 6.43. The molecule has 7 nitrogen and oxygen atoms in total. The lowest BCUT2D eigenvalue weighted by molar-refractivity contribution is 0.0733. The summed E-state index contributed by atoms with van der Waals surface area (Å²) in [5, 5.41) is 0. The van der Waals surface area contributed by atoms with E-state index in [-0.39, 0.29) is 11.9 Å². The van der Waals surface area contributed by atoms with Crippen LogP contribution in [0.15, 0.2) is 54.9 Å². The molecule has 1 aromatic carbocycles. The number of benzene rings is 1. The van der Waals surface area contributed by atoms with Crippen LogP contribution in [0.5, 0.6) is 5.75 Å². The number of hydrogen-bond donors (Lipinski definition) is 0. The number of imidazole rings is 1. The van der Waals surface area contributed by atoms with Crippen LogP contribution in [0, 0.1) is 0 Å². The number of nitrogens with zero attached hydrogens (tertiary/aromatic N) is 4. The molecule has 1 fully saturated rings. The third-order valence-corrected chi connectivity index (χ3v) is 5.55. The maximum absolute atomic E-state index is 13.2. The monoisotopic (exact) mass is 420 g/mol. The van der Waals surface area contributed by atoms with Crippen molar-refractivity contribution in [3.05, 3.63) is 71.9 Å². The first kappa shape index (κ1) is 21.1. The van der Waals surface area contributed by atoms with Gasteiger partial charge in [-0.25, -0.2) is 9.97 Å². The Kier molecular flexibility index (Phi) is 6.62. The summed E-state index contributed by atoms with van der Waals surface area (Å²) in [7, 11) is 1.64. The van der Waals surface area contributed by atoms with Crippen LogP contribution in [-0.4, -0.2) is 52.2 Å². The van der Waals surface area contributed by atoms with Crippen LogP contribution in [0.4, 0.5) is 0 Å². The number of carbonyl (C=O) groups is 1. The van der Waals surface area contributed by atoms with Crippen molar-refractivity contribution in [3.63, 3.8) is 0 Å². The lowest BCUT2D eigenvalue weighted by atomic mass is 10.1. The number of pyridine rings is 1. The van der Waals surface area contributed by atoms with Gasteiger partial charge in [-0.1, -0.05) is 13.0 Å². The van der Waals surface area contributed by atoms with E-state index in [1.54, 1.807) is 13.3 Å². The highest BCUT2D eigenvalue weighted by Gasteiger charge is 2.31. The molecule has 0 N–H and O–H groups in total. The Bertz CT molecular complexity index is 1020. The summed E-state index contributed by atoms with van der Waals surface area (Å²) in [5.41, 5.74) is 1.57. The fraction of sp³-hybridized carbons (Fsp3) is 0.375. The summed E-state index contributed by atoms with van der Waals surface area (Å²) >= 11 is 0. The van der Waals surface area contributed by atoms with Crippen molar-refractivity contribution in [2.45, 2.75) is 32.2 Å². The highest BCUT2D eigenvalue weighted by molar-refractivity contribution is 5.94. The standard InChI is InChI=1S/C24H28N4O3/c1-3-22-25-13-15-28(22)23-8-4-6-20(26-23)21-7-5-14-27(21)24(29)18-9-11-19(12-10-18)31-17-16-30-2/h4,6,8-13,15,21H,3,5,7,14,16-17H2,1-2H3. The third kappa shape index (κ3) is 4.61. The number of amides is 1. The fourth-order valence-electron chi connectivity index (χ4n) is 3.98. The van der Waals surface area contributed by atoms with Crippen molar-refractivity contribution in [2.75, 3.05) is 26.9 Å². The van der Waals surface area contributed by atoms with E-state index in [9.17, 15) is 4.79 Å². The van der Waals surface area contributed by atoms with Crippen LogP contribution in [0.2, 0.25) is 0 Å². The number of ether oxygens (including phenoxy) is 2. The average molecular weight is 421 g/mol. The molecule has 7 heteroatoms. The average Bonchev–Trinajstić information content (AvgIpc) is 3.49. The van der Waals surface area contributed by atoms with E-state index in [1.165, 1.54) is 0 Å². The first-order chi connectivity index (χ1) is 15.2. The van der Waals surface area contributed by atoms with Crippen molar-refractivity contribution in [2.24, 2.45) is 0 Å². The molecule has 1 saturated heterocycles. The molecule has 0 bridgehead atoms. The van der Waals surface area contributed by atoms with Gasteiger partial charge >= 0.3 is 0 Å². The zero-order valence-corrected chi connectivity index (χ0v) is 18.0. The van der Waals surface area contributed by atoms with E-state index in [0.717, 1.165) is 48.9 Å². The Morgan fingerprint density at radius 3 is 2.77 bits per heavy atom. The minimum Gasteiger partial charge on any atom is -0.491 e. The highest BCUT2D eigenvalue weighted by Crippen LogP contribution is 2.33. The summed E-state index contributed by atoms with van der Waals surface area (Å²) in [4.78, 5) is 24.4. The second-order valence-electron chi connectivity index (χ2n) is 7.51. The van der Waals surface area contributed by atoms with Crippen LogP contribution >= 0.6 is 0 Å². The molecule has 162 valence electrons. The summed E-state index contributed by atoms with van der Waals surface area (Å²) in [6.45, 7) is 3.82. The molecular formula is C24H28N4O3. The Hall–Kier alpha value is -3.19. The molecule has 4 rings (SSSR count). The van der Waals surface area contributed by atoms with Crippen LogP contribution in [0.25, 0.3) is 5.82 Å². The first-order valence-electron chi connectivity index (χ1n) is 10.7. The minimum absolute atomic E-state index is 0.0232. The van der Waals surface area contributed by atoms with Crippen LogP contribution in [0.1, 0.15) is 47.7 Å². The maximum atomic E-state index is 13.2. The number of carbonyl (C=O) groups excluding carboxylic acids is 1. The van der Waals surface area contributed by atoms with E-state index < -0.39 is 0 Å². The van der Waals surface area contributed by atoms with Gasteiger partial charge in [0.15, 0.2) is 0 Å². The Labute approximate surface area is 182 Å². The van der Waals surface area contributed by atoms with Crippen molar-refractivity contribution in [1.29, 1.82) is 0 Å². The molecule has 31 heavy (non-hydrogen) atoms. The maximum Gasteiger partial charge on any atom is 0.254 e. The molecule has 1 atom stereocenters. The van der Waals surface area contributed by atoms with Crippen molar-refractivity contribution < 1.29 is 14.3 Å². The second kappa shape index (κ2) is 9.75. The molecule has 0 aliphatic carbocycles. The molecule has 0 spiro atoms. The molecule has 1 aliphatic heterocycles.